The average Bonchev–Trinajstić information content (AvgIpc) is 2.99. The van der Waals surface area contributed by atoms with Crippen LogP contribution in [-0.4, -0.2) is 34.4 Å². The van der Waals surface area contributed by atoms with Crippen LogP contribution in [0, 0.1) is 5.92 Å². The number of nitrogens with one attached hydrogen (secondary N) is 2. The number of H-pyrrole nitrogens is 1. The lowest BCUT2D eigenvalue weighted by atomic mass is 10.0. The maximum Gasteiger partial charge on any atom is 0.324 e. The van der Waals surface area contributed by atoms with E-state index in [4.69, 9.17) is 0 Å². The molecule has 2 N–H and O–H groups in total. The van der Waals surface area contributed by atoms with Crippen LogP contribution in [0.2, 0.25) is 0 Å². The van der Waals surface area contributed by atoms with Gasteiger partial charge in [-0.15, -0.1) is 0 Å². The first-order chi connectivity index (χ1) is 10.6. The van der Waals surface area contributed by atoms with Crippen molar-refractivity contribution in [2.75, 3.05) is 6.54 Å². The van der Waals surface area contributed by atoms with E-state index >= 15 is 0 Å². The second kappa shape index (κ2) is 5.83. The standard InChI is InChI=1S/C17H21N3O2/c1-11(2)9-15-16(21)20(17(22)19-15)8-7-12-10-18-14-6-4-3-5-13(12)14/h3-6,10-11,15,18H,7-9H2,1-2H3,(H,19,22). The van der Waals surface area contributed by atoms with Gasteiger partial charge >= 0.3 is 6.03 Å². The molecule has 2 heterocycles. The van der Waals surface area contributed by atoms with Crippen LogP contribution in [-0.2, 0) is 11.2 Å². The lowest BCUT2D eigenvalue weighted by Gasteiger charge is -2.13. The number of carbonyl (C=O) groups is 2. The molecular formula is C17H21N3O2. The summed E-state index contributed by atoms with van der Waals surface area (Å²) in [6.45, 7) is 4.52. The number of hydrogen-bond donors (Lipinski definition) is 2. The second-order valence-electron chi connectivity index (χ2n) is 6.23. The lowest BCUT2D eigenvalue weighted by Crippen LogP contribution is -2.33. The van der Waals surface area contributed by atoms with E-state index in [-0.39, 0.29) is 18.0 Å². The first kappa shape index (κ1) is 14.6. The largest absolute Gasteiger partial charge is 0.361 e. The number of para-hydroxylation sites is 1. The number of fused-ring (bicyclic) bond motifs is 1. The Bertz CT molecular complexity index is 705. The summed E-state index contributed by atoms with van der Waals surface area (Å²) in [4.78, 5) is 28.9. The van der Waals surface area contributed by atoms with Gasteiger partial charge in [0.05, 0.1) is 0 Å². The number of imide groups is 1. The zero-order valence-electron chi connectivity index (χ0n) is 12.9. The van der Waals surface area contributed by atoms with Gasteiger partial charge in [0.25, 0.3) is 5.91 Å². The molecule has 3 rings (SSSR count). The number of amides is 3. The van der Waals surface area contributed by atoms with E-state index in [0.29, 0.717) is 25.3 Å². The lowest BCUT2D eigenvalue weighted by molar-refractivity contribution is -0.127. The summed E-state index contributed by atoms with van der Waals surface area (Å²) in [6.07, 6.45) is 3.31. The summed E-state index contributed by atoms with van der Waals surface area (Å²) < 4.78 is 0. The molecule has 22 heavy (non-hydrogen) atoms. The Labute approximate surface area is 129 Å². The molecule has 1 unspecified atom stereocenters. The minimum absolute atomic E-state index is 0.0986. The molecule has 0 radical (unpaired) electrons. The van der Waals surface area contributed by atoms with Crippen molar-refractivity contribution in [3.63, 3.8) is 0 Å². The zero-order valence-corrected chi connectivity index (χ0v) is 12.9. The van der Waals surface area contributed by atoms with Gasteiger partial charge in [-0.25, -0.2) is 4.79 Å². The number of nitrogens with zero attached hydrogens (tertiary/aromatic N) is 1. The molecule has 1 aromatic heterocycles. The van der Waals surface area contributed by atoms with Crippen LogP contribution in [0.4, 0.5) is 4.79 Å². The second-order valence-corrected chi connectivity index (χ2v) is 6.23. The van der Waals surface area contributed by atoms with Gasteiger partial charge in [-0.1, -0.05) is 32.0 Å². The fourth-order valence-corrected chi connectivity index (χ4v) is 2.99. The van der Waals surface area contributed by atoms with Gasteiger partial charge in [0, 0.05) is 23.6 Å². The fourth-order valence-electron chi connectivity index (χ4n) is 2.99. The van der Waals surface area contributed by atoms with Crippen LogP contribution in [0.5, 0.6) is 0 Å². The topological polar surface area (TPSA) is 65.2 Å². The van der Waals surface area contributed by atoms with Gasteiger partial charge in [0.1, 0.15) is 6.04 Å². The third-order valence-corrected chi connectivity index (χ3v) is 4.09. The summed E-state index contributed by atoms with van der Waals surface area (Å²) in [6, 6.07) is 7.41. The minimum Gasteiger partial charge on any atom is -0.361 e. The van der Waals surface area contributed by atoms with E-state index in [2.05, 4.69) is 16.4 Å². The Kier molecular flexibility index (Phi) is 3.88. The van der Waals surface area contributed by atoms with E-state index in [0.717, 1.165) is 16.5 Å². The Morgan fingerprint density at radius 1 is 1.23 bits per heavy atom. The highest BCUT2D eigenvalue weighted by Crippen LogP contribution is 2.20. The molecule has 1 aromatic carbocycles. The Balaban J connectivity index is 1.68. The molecule has 3 amide bonds. The molecule has 5 heteroatoms. The summed E-state index contributed by atoms with van der Waals surface area (Å²) in [5.41, 5.74) is 2.20. The van der Waals surface area contributed by atoms with Crippen LogP contribution in [0.15, 0.2) is 30.5 Å². The Hall–Kier alpha value is -2.30. The summed E-state index contributed by atoms with van der Waals surface area (Å²) in [7, 11) is 0. The maximum absolute atomic E-state index is 12.3. The number of urea groups is 1. The Morgan fingerprint density at radius 2 is 2.00 bits per heavy atom. The van der Waals surface area contributed by atoms with E-state index < -0.39 is 0 Å². The van der Waals surface area contributed by atoms with Crippen molar-refractivity contribution in [1.82, 2.24) is 15.2 Å². The van der Waals surface area contributed by atoms with Crippen molar-refractivity contribution < 1.29 is 9.59 Å². The third-order valence-electron chi connectivity index (χ3n) is 4.09. The van der Waals surface area contributed by atoms with Crippen LogP contribution in [0.3, 0.4) is 0 Å². The molecule has 1 aliphatic heterocycles. The van der Waals surface area contributed by atoms with E-state index in [9.17, 15) is 9.59 Å². The highest BCUT2D eigenvalue weighted by molar-refractivity contribution is 6.04. The quantitative estimate of drug-likeness (QED) is 0.834. The van der Waals surface area contributed by atoms with Gasteiger partial charge in [0.15, 0.2) is 0 Å². The predicted molar refractivity (Wildman–Crippen MR) is 85.5 cm³/mol. The highest BCUT2D eigenvalue weighted by Gasteiger charge is 2.37. The number of aromatic amines is 1. The van der Waals surface area contributed by atoms with Gasteiger partial charge in [-0.05, 0) is 30.4 Å². The highest BCUT2D eigenvalue weighted by atomic mass is 16.2. The van der Waals surface area contributed by atoms with E-state index in [1.165, 1.54) is 4.90 Å². The smallest absolute Gasteiger partial charge is 0.324 e. The number of hydrogen-bond acceptors (Lipinski definition) is 2. The van der Waals surface area contributed by atoms with Crippen LogP contribution >= 0.6 is 0 Å². The molecule has 0 spiro atoms. The van der Waals surface area contributed by atoms with Crippen molar-refractivity contribution in [2.24, 2.45) is 5.92 Å². The van der Waals surface area contributed by atoms with E-state index in [1.54, 1.807) is 0 Å². The predicted octanol–water partition coefficient (Wildman–Crippen LogP) is 2.68. The molecule has 0 aliphatic carbocycles. The summed E-state index contributed by atoms with van der Waals surface area (Å²) in [5, 5.41) is 3.93. The van der Waals surface area contributed by atoms with Crippen molar-refractivity contribution in [2.45, 2.75) is 32.7 Å². The molecular weight excluding hydrogens is 278 g/mol. The molecule has 1 aliphatic rings. The zero-order chi connectivity index (χ0) is 15.7. The molecule has 5 nitrogen and oxygen atoms in total. The molecule has 1 atom stereocenters. The minimum atomic E-state index is -0.365. The number of rotatable bonds is 5. The van der Waals surface area contributed by atoms with Crippen molar-refractivity contribution in [1.29, 1.82) is 0 Å². The summed E-state index contributed by atoms with van der Waals surface area (Å²) in [5.74, 6) is 0.279. The number of benzene rings is 1. The molecule has 116 valence electrons. The van der Waals surface area contributed by atoms with Crippen molar-refractivity contribution in [3.05, 3.63) is 36.0 Å². The molecule has 2 aromatic rings. The molecule has 1 fully saturated rings. The van der Waals surface area contributed by atoms with Crippen molar-refractivity contribution in [3.8, 4) is 0 Å². The Morgan fingerprint density at radius 3 is 2.77 bits per heavy atom. The van der Waals surface area contributed by atoms with Crippen LogP contribution in [0.1, 0.15) is 25.8 Å². The van der Waals surface area contributed by atoms with Gasteiger partial charge < -0.3 is 10.3 Å². The van der Waals surface area contributed by atoms with Gasteiger partial charge in [-0.3, -0.25) is 9.69 Å². The molecule has 1 saturated heterocycles. The number of carbonyl (C=O) groups excluding carboxylic acids is 2. The van der Waals surface area contributed by atoms with Gasteiger partial charge in [0.2, 0.25) is 0 Å². The summed E-state index contributed by atoms with van der Waals surface area (Å²) >= 11 is 0. The van der Waals surface area contributed by atoms with Crippen LogP contribution < -0.4 is 5.32 Å². The average molecular weight is 299 g/mol. The van der Waals surface area contributed by atoms with Crippen molar-refractivity contribution >= 4 is 22.8 Å². The SMILES string of the molecule is CC(C)CC1NC(=O)N(CCc2c[nH]c3ccccc23)C1=O. The first-order valence-electron chi connectivity index (χ1n) is 7.73. The van der Waals surface area contributed by atoms with Gasteiger partial charge in [-0.2, -0.15) is 0 Å². The first-order valence-corrected chi connectivity index (χ1v) is 7.73. The molecule has 0 saturated carbocycles. The fraction of sp³-hybridized carbons (Fsp3) is 0.412. The molecule has 0 bridgehead atoms. The normalized spacial score (nSPS) is 18.5. The van der Waals surface area contributed by atoms with E-state index in [1.807, 2.05) is 38.2 Å². The third kappa shape index (κ3) is 2.71. The number of aromatic nitrogens is 1. The monoisotopic (exact) mass is 299 g/mol. The maximum atomic E-state index is 12.3. The van der Waals surface area contributed by atoms with Crippen LogP contribution in [0.25, 0.3) is 10.9 Å².